The maximum Gasteiger partial charge on any atom is 0.388 e. The summed E-state index contributed by atoms with van der Waals surface area (Å²) < 4.78 is 54.7. The molecule has 0 fully saturated rings. The lowest BCUT2D eigenvalue weighted by atomic mass is 10.1. The summed E-state index contributed by atoms with van der Waals surface area (Å²) in [6.45, 7) is -0.253. The Bertz CT molecular complexity index is 844. The van der Waals surface area contributed by atoms with E-state index in [2.05, 4.69) is 9.84 Å². The van der Waals surface area contributed by atoms with Gasteiger partial charge in [-0.05, 0) is 26.0 Å². The largest absolute Gasteiger partial charge is 0.480 e. The predicted octanol–water partition coefficient (Wildman–Crippen LogP) is 4.46. The molecule has 1 aromatic carbocycles. The zero-order valence-corrected chi connectivity index (χ0v) is 15.9. The first kappa shape index (κ1) is 21.2. The number of hydrogen-bond acceptors (Lipinski definition) is 5. The molecule has 0 saturated carbocycles. The number of nitrogens with zero attached hydrogens (tertiary/aromatic N) is 2. The summed E-state index contributed by atoms with van der Waals surface area (Å²) in [5.74, 6) is -1.93. The third kappa shape index (κ3) is 5.20. The monoisotopic (exact) mass is 426 g/mol. The number of halogens is 5. The van der Waals surface area contributed by atoms with E-state index in [0.717, 1.165) is 16.8 Å². The summed E-state index contributed by atoms with van der Waals surface area (Å²) in [7, 11) is 1.31. The van der Waals surface area contributed by atoms with Gasteiger partial charge in [-0.3, -0.25) is 0 Å². The van der Waals surface area contributed by atoms with Gasteiger partial charge in [-0.15, -0.1) is 0 Å². The molecule has 27 heavy (non-hydrogen) atoms. The molecule has 11 heteroatoms. The zero-order valence-electron chi connectivity index (χ0n) is 14.4. The SMILES string of the molecule is CC(C)OC(=O)COc1cc(-c2nn(C)c(OC(F)F)c2Cl)c(F)cc1Cl. The summed E-state index contributed by atoms with van der Waals surface area (Å²) in [6.07, 6.45) is -0.332. The van der Waals surface area contributed by atoms with Crippen molar-refractivity contribution in [1.29, 1.82) is 0 Å². The standard InChI is InChI=1S/C16H15Cl2F3N2O4/c1-7(2)26-12(24)6-25-11-4-8(10(19)5-9(11)17)14-13(18)15(23(3)22-14)27-16(20)21/h4-5,7,16H,6H2,1-3H3. The fourth-order valence-electron chi connectivity index (χ4n) is 2.12. The van der Waals surface area contributed by atoms with E-state index >= 15 is 0 Å². The normalized spacial score (nSPS) is 11.2. The van der Waals surface area contributed by atoms with Crippen LogP contribution in [0.15, 0.2) is 12.1 Å². The third-order valence-corrected chi connectivity index (χ3v) is 3.77. The second-order valence-electron chi connectivity index (χ2n) is 5.56. The van der Waals surface area contributed by atoms with Crippen molar-refractivity contribution in [2.75, 3.05) is 6.61 Å². The highest BCUT2D eigenvalue weighted by atomic mass is 35.5. The van der Waals surface area contributed by atoms with Gasteiger partial charge in [0.25, 0.3) is 0 Å². The van der Waals surface area contributed by atoms with Crippen LogP contribution >= 0.6 is 23.2 Å². The summed E-state index contributed by atoms with van der Waals surface area (Å²) in [5.41, 5.74) is -0.324. The van der Waals surface area contributed by atoms with Crippen molar-refractivity contribution in [2.45, 2.75) is 26.6 Å². The van der Waals surface area contributed by atoms with E-state index < -0.39 is 30.9 Å². The molecule has 148 valence electrons. The summed E-state index contributed by atoms with van der Waals surface area (Å²) >= 11 is 11.9. The molecule has 0 N–H and O–H groups in total. The second-order valence-corrected chi connectivity index (χ2v) is 6.34. The molecular weight excluding hydrogens is 412 g/mol. The lowest BCUT2D eigenvalue weighted by Crippen LogP contribution is -2.18. The number of aryl methyl sites for hydroxylation is 1. The Morgan fingerprint density at radius 3 is 2.56 bits per heavy atom. The van der Waals surface area contributed by atoms with E-state index in [-0.39, 0.29) is 33.2 Å². The van der Waals surface area contributed by atoms with Crippen LogP contribution in [0, 0.1) is 5.82 Å². The minimum Gasteiger partial charge on any atom is -0.480 e. The van der Waals surface area contributed by atoms with Crippen LogP contribution in [0.5, 0.6) is 11.6 Å². The molecule has 0 radical (unpaired) electrons. The highest BCUT2D eigenvalue weighted by Gasteiger charge is 2.24. The van der Waals surface area contributed by atoms with Crippen molar-refractivity contribution in [2.24, 2.45) is 7.05 Å². The first-order valence-corrected chi connectivity index (χ1v) is 8.34. The summed E-state index contributed by atoms with van der Waals surface area (Å²) in [4.78, 5) is 11.6. The number of benzene rings is 1. The molecule has 0 bridgehead atoms. The Morgan fingerprint density at radius 1 is 1.30 bits per heavy atom. The molecule has 0 saturated heterocycles. The van der Waals surface area contributed by atoms with Crippen LogP contribution in [0.1, 0.15) is 13.8 Å². The van der Waals surface area contributed by atoms with Crippen molar-refractivity contribution in [3.8, 4) is 22.9 Å². The van der Waals surface area contributed by atoms with Gasteiger partial charge in [-0.1, -0.05) is 23.2 Å². The first-order valence-electron chi connectivity index (χ1n) is 7.59. The molecule has 1 aromatic heterocycles. The van der Waals surface area contributed by atoms with Gasteiger partial charge in [0.2, 0.25) is 5.88 Å². The van der Waals surface area contributed by atoms with Crippen molar-refractivity contribution < 1.29 is 32.2 Å². The van der Waals surface area contributed by atoms with Gasteiger partial charge in [0.1, 0.15) is 22.3 Å². The van der Waals surface area contributed by atoms with E-state index in [1.165, 1.54) is 7.05 Å². The van der Waals surface area contributed by atoms with Gasteiger partial charge in [-0.2, -0.15) is 13.9 Å². The fraction of sp³-hybridized carbons (Fsp3) is 0.375. The molecule has 0 unspecified atom stereocenters. The van der Waals surface area contributed by atoms with E-state index in [1.54, 1.807) is 13.8 Å². The summed E-state index contributed by atoms with van der Waals surface area (Å²) in [6, 6.07) is 2.08. The molecule has 2 aromatic rings. The highest BCUT2D eigenvalue weighted by molar-refractivity contribution is 6.34. The molecule has 0 amide bonds. The Kier molecular flexibility index (Phi) is 6.83. The number of alkyl halides is 2. The minimum atomic E-state index is -3.13. The van der Waals surface area contributed by atoms with Gasteiger partial charge < -0.3 is 14.2 Å². The molecule has 6 nitrogen and oxygen atoms in total. The van der Waals surface area contributed by atoms with Gasteiger partial charge in [0, 0.05) is 12.6 Å². The molecule has 1 heterocycles. The van der Waals surface area contributed by atoms with Crippen LogP contribution in [-0.4, -0.2) is 35.1 Å². The lowest BCUT2D eigenvalue weighted by Gasteiger charge is -2.11. The van der Waals surface area contributed by atoms with Crippen LogP contribution in [-0.2, 0) is 16.6 Å². The lowest BCUT2D eigenvalue weighted by molar-refractivity contribution is -0.149. The number of carbonyl (C=O) groups excluding carboxylic acids is 1. The second kappa shape index (κ2) is 8.71. The number of rotatable bonds is 7. The van der Waals surface area contributed by atoms with Crippen LogP contribution in [0.4, 0.5) is 13.2 Å². The predicted molar refractivity (Wildman–Crippen MR) is 92.0 cm³/mol. The fourth-order valence-corrected chi connectivity index (χ4v) is 2.63. The van der Waals surface area contributed by atoms with Crippen LogP contribution in [0.3, 0.4) is 0 Å². The highest BCUT2D eigenvalue weighted by Crippen LogP contribution is 2.39. The smallest absolute Gasteiger partial charge is 0.388 e. The molecule has 0 atom stereocenters. The molecule has 2 rings (SSSR count). The Balaban J connectivity index is 2.34. The van der Waals surface area contributed by atoms with Crippen molar-refractivity contribution >= 4 is 29.2 Å². The molecule has 0 spiro atoms. The number of carbonyl (C=O) groups is 1. The first-order chi connectivity index (χ1) is 12.6. The quantitative estimate of drug-likeness (QED) is 0.611. The van der Waals surface area contributed by atoms with Crippen LogP contribution < -0.4 is 9.47 Å². The van der Waals surface area contributed by atoms with Gasteiger partial charge in [-0.25, -0.2) is 13.9 Å². The number of esters is 1. The average molecular weight is 427 g/mol. The zero-order chi connectivity index (χ0) is 20.3. The van der Waals surface area contributed by atoms with Gasteiger partial charge in [0.05, 0.1) is 11.1 Å². The van der Waals surface area contributed by atoms with Gasteiger partial charge in [0.15, 0.2) is 6.61 Å². The number of ether oxygens (including phenoxy) is 3. The number of aromatic nitrogens is 2. The van der Waals surface area contributed by atoms with Crippen LogP contribution in [0.2, 0.25) is 10.0 Å². The van der Waals surface area contributed by atoms with E-state index in [0.29, 0.717) is 0 Å². The molecule has 0 aliphatic rings. The average Bonchev–Trinajstić information content (AvgIpc) is 2.81. The van der Waals surface area contributed by atoms with E-state index in [9.17, 15) is 18.0 Å². The van der Waals surface area contributed by atoms with Gasteiger partial charge >= 0.3 is 12.6 Å². The van der Waals surface area contributed by atoms with Crippen LogP contribution in [0.25, 0.3) is 11.3 Å². The molecule has 0 aliphatic carbocycles. The summed E-state index contributed by atoms with van der Waals surface area (Å²) in [5, 5.41) is 3.47. The molecule has 0 aliphatic heterocycles. The van der Waals surface area contributed by atoms with Crippen molar-refractivity contribution in [1.82, 2.24) is 9.78 Å². The Hall–Kier alpha value is -2.13. The van der Waals surface area contributed by atoms with Crippen molar-refractivity contribution in [3.63, 3.8) is 0 Å². The van der Waals surface area contributed by atoms with E-state index in [1.807, 2.05) is 0 Å². The third-order valence-electron chi connectivity index (χ3n) is 3.13. The van der Waals surface area contributed by atoms with E-state index in [4.69, 9.17) is 32.7 Å². The maximum atomic E-state index is 14.3. The van der Waals surface area contributed by atoms with Crippen molar-refractivity contribution in [3.05, 3.63) is 28.0 Å². The number of hydrogen-bond donors (Lipinski definition) is 0. The maximum absolute atomic E-state index is 14.3. The molecular formula is C16H15Cl2F3N2O4. The Morgan fingerprint density at radius 2 is 1.96 bits per heavy atom. The minimum absolute atomic E-state index is 0.0354. The topological polar surface area (TPSA) is 62.6 Å². The Labute approximate surface area is 162 Å².